The Kier molecular flexibility index (Phi) is 8.11. The van der Waals surface area contributed by atoms with Crippen molar-refractivity contribution < 1.29 is 29.3 Å². The lowest BCUT2D eigenvalue weighted by molar-refractivity contribution is -0.146. The summed E-state index contributed by atoms with van der Waals surface area (Å²) in [7, 11) is 2.93. The van der Waals surface area contributed by atoms with Gasteiger partial charge in [0.25, 0.3) is 0 Å². The van der Waals surface area contributed by atoms with Gasteiger partial charge in [-0.2, -0.15) is 0 Å². The lowest BCUT2D eigenvalue weighted by Gasteiger charge is -2.17. The van der Waals surface area contributed by atoms with E-state index in [1.165, 1.54) is 7.11 Å². The maximum absolute atomic E-state index is 11.8. The number of fused-ring (bicyclic) bond motifs is 1. The highest BCUT2D eigenvalue weighted by atomic mass is 16.5. The second kappa shape index (κ2) is 11.0. The molecule has 0 aliphatic rings. The summed E-state index contributed by atoms with van der Waals surface area (Å²) >= 11 is 0. The molecular formula is C26H31NO6. The van der Waals surface area contributed by atoms with Gasteiger partial charge in [0, 0.05) is 23.5 Å². The van der Waals surface area contributed by atoms with E-state index in [2.05, 4.69) is 17.1 Å². The molecular weight excluding hydrogens is 422 g/mol. The Morgan fingerprint density at radius 1 is 1.09 bits per heavy atom. The molecule has 176 valence electrons. The van der Waals surface area contributed by atoms with Crippen LogP contribution in [-0.2, 0) is 22.4 Å². The minimum Gasteiger partial charge on any atom is -0.496 e. The minimum atomic E-state index is -0.946. The van der Waals surface area contributed by atoms with E-state index in [0.29, 0.717) is 37.0 Å². The number of ether oxygens (including phenoxy) is 2. The van der Waals surface area contributed by atoms with Crippen molar-refractivity contribution in [3.63, 3.8) is 0 Å². The normalized spacial score (nSPS) is 13.0. The fraction of sp³-hybridized carbons (Fsp3) is 0.385. The molecule has 0 spiro atoms. The minimum absolute atomic E-state index is 0.407. The Balaban J connectivity index is 1.74. The number of hydrogen-bond donors (Lipinski definition) is 3. The van der Waals surface area contributed by atoms with Crippen LogP contribution >= 0.6 is 0 Å². The number of rotatable bonds is 11. The van der Waals surface area contributed by atoms with Gasteiger partial charge in [-0.25, -0.2) is 4.79 Å². The first-order valence-electron chi connectivity index (χ1n) is 11.1. The molecule has 3 aromatic rings. The van der Waals surface area contributed by atoms with Gasteiger partial charge in [0.05, 0.1) is 31.8 Å². The lowest BCUT2D eigenvalue weighted by atomic mass is 9.94. The first-order valence-corrected chi connectivity index (χ1v) is 11.1. The van der Waals surface area contributed by atoms with E-state index in [1.807, 2.05) is 18.3 Å². The van der Waals surface area contributed by atoms with Crippen LogP contribution in [0, 0.1) is 5.92 Å². The van der Waals surface area contributed by atoms with Crippen LogP contribution in [0.2, 0.25) is 0 Å². The number of methoxy groups -OCH3 is 2. The molecule has 2 aromatic carbocycles. The van der Waals surface area contributed by atoms with E-state index in [4.69, 9.17) is 9.47 Å². The predicted molar refractivity (Wildman–Crippen MR) is 126 cm³/mol. The zero-order valence-electron chi connectivity index (χ0n) is 19.3. The summed E-state index contributed by atoms with van der Waals surface area (Å²) < 4.78 is 10.3. The Morgan fingerprint density at radius 3 is 2.55 bits per heavy atom. The van der Waals surface area contributed by atoms with Crippen molar-refractivity contribution in [2.24, 2.45) is 5.92 Å². The second-order valence-corrected chi connectivity index (χ2v) is 8.20. The first-order chi connectivity index (χ1) is 15.9. The number of esters is 1. The average molecular weight is 454 g/mol. The van der Waals surface area contributed by atoms with Crippen molar-refractivity contribution >= 4 is 22.8 Å². The van der Waals surface area contributed by atoms with E-state index in [-0.39, 0.29) is 0 Å². The highest BCUT2D eigenvalue weighted by Crippen LogP contribution is 2.28. The standard InChI is InChI=1S/C26H31NO6/c1-4-20(25(29)30)23(28)7-5-6-16-8-11-22-21(12-16)19(15-27-22)13-17-9-10-18(26(31)33-3)14-24(17)32-2/h8-12,14-15,20,23,27-28H,4-7,13H2,1-3H3,(H,29,30). The van der Waals surface area contributed by atoms with Gasteiger partial charge in [0.1, 0.15) is 5.75 Å². The van der Waals surface area contributed by atoms with E-state index >= 15 is 0 Å². The molecule has 2 atom stereocenters. The Labute approximate surface area is 193 Å². The van der Waals surface area contributed by atoms with Gasteiger partial charge in [-0.1, -0.05) is 19.1 Å². The summed E-state index contributed by atoms with van der Waals surface area (Å²) in [5, 5.41) is 20.5. The number of carbonyl (C=O) groups excluding carboxylic acids is 1. The fourth-order valence-electron chi connectivity index (χ4n) is 4.20. The summed E-state index contributed by atoms with van der Waals surface area (Å²) in [4.78, 5) is 26.3. The van der Waals surface area contributed by atoms with Gasteiger partial charge in [0.2, 0.25) is 0 Å². The molecule has 7 heteroatoms. The zero-order valence-corrected chi connectivity index (χ0v) is 19.3. The molecule has 7 nitrogen and oxygen atoms in total. The van der Waals surface area contributed by atoms with Gasteiger partial charge in [-0.05, 0) is 66.6 Å². The number of aryl methyl sites for hydroxylation is 1. The van der Waals surface area contributed by atoms with Gasteiger partial charge in [-0.3, -0.25) is 4.79 Å². The number of aliphatic carboxylic acids is 1. The van der Waals surface area contributed by atoms with Crippen LogP contribution in [0.4, 0.5) is 0 Å². The highest BCUT2D eigenvalue weighted by Gasteiger charge is 2.24. The summed E-state index contributed by atoms with van der Waals surface area (Å²) in [5.74, 6) is -1.45. The topological polar surface area (TPSA) is 109 Å². The Morgan fingerprint density at radius 2 is 1.88 bits per heavy atom. The van der Waals surface area contributed by atoms with Gasteiger partial charge in [-0.15, -0.1) is 0 Å². The maximum atomic E-state index is 11.8. The van der Waals surface area contributed by atoms with Crippen LogP contribution in [0.15, 0.2) is 42.6 Å². The molecule has 3 N–H and O–H groups in total. The highest BCUT2D eigenvalue weighted by molar-refractivity contribution is 5.90. The number of aliphatic hydroxyl groups excluding tert-OH is 1. The molecule has 1 aromatic heterocycles. The van der Waals surface area contributed by atoms with Gasteiger partial charge < -0.3 is 24.7 Å². The van der Waals surface area contributed by atoms with Crippen LogP contribution in [0.1, 0.15) is 53.2 Å². The van der Waals surface area contributed by atoms with E-state index in [1.54, 1.807) is 26.2 Å². The molecule has 1 heterocycles. The van der Waals surface area contributed by atoms with Crippen molar-refractivity contribution in [3.8, 4) is 5.75 Å². The number of carboxylic acid groups (broad SMARTS) is 1. The van der Waals surface area contributed by atoms with Crippen LogP contribution < -0.4 is 4.74 Å². The zero-order chi connectivity index (χ0) is 24.0. The molecule has 0 amide bonds. The summed E-state index contributed by atoms with van der Waals surface area (Å²) in [6.45, 7) is 1.78. The number of aromatic nitrogens is 1. The van der Waals surface area contributed by atoms with Crippen LogP contribution in [-0.4, -0.2) is 47.5 Å². The number of aromatic amines is 1. The van der Waals surface area contributed by atoms with Crippen molar-refractivity contribution in [2.75, 3.05) is 14.2 Å². The third-order valence-corrected chi connectivity index (χ3v) is 6.11. The van der Waals surface area contributed by atoms with E-state index < -0.39 is 24.0 Å². The van der Waals surface area contributed by atoms with Gasteiger partial charge >= 0.3 is 11.9 Å². The van der Waals surface area contributed by atoms with Crippen molar-refractivity contribution in [1.29, 1.82) is 0 Å². The summed E-state index contributed by atoms with van der Waals surface area (Å²) in [5.41, 5.74) is 4.66. The predicted octanol–water partition coefficient (Wildman–Crippen LogP) is 4.35. The average Bonchev–Trinajstić information content (AvgIpc) is 3.21. The smallest absolute Gasteiger partial charge is 0.337 e. The molecule has 0 saturated heterocycles. The lowest BCUT2D eigenvalue weighted by Crippen LogP contribution is -2.27. The largest absolute Gasteiger partial charge is 0.496 e. The van der Waals surface area contributed by atoms with Crippen molar-refractivity contribution in [3.05, 3.63) is 64.8 Å². The second-order valence-electron chi connectivity index (χ2n) is 8.20. The van der Waals surface area contributed by atoms with Crippen molar-refractivity contribution in [1.82, 2.24) is 4.98 Å². The summed E-state index contributed by atoms with van der Waals surface area (Å²) in [6, 6.07) is 11.5. The number of carboxylic acids is 1. The molecule has 3 rings (SSSR count). The Hall–Kier alpha value is -3.32. The Bertz CT molecular complexity index is 1120. The third-order valence-electron chi connectivity index (χ3n) is 6.11. The molecule has 0 aliphatic carbocycles. The molecule has 0 aliphatic heterocycles. The number of nitrogens with one attached hydrogen (secondary N) is 1. The van der Waals surface area contributed by atoms with E-state index in [0.717, 1.165) is 34.0 Å². The monoisotopic (exact) mass is 453 g/mol. The van der Waals surface area contributed by atoms with Gasteiger partial charge in [0.15, 0.2) is 0 Å². The van der Waals surface area contributed by atoms with Crippen LogP contribution in [0.5, 0.6) is 5.75 Å². The maximum Gasteiger partial charge on any atom is 0.337 e. The fourth-order valence-corrected chi connectivity index (χ4v) is 4.20. The third kappa shape index (κ3) is 5.73. The molecule has 0 radical (unpaired) electrons. The molecule has 2 unspecified atom stereocenters. The summed E-state index contributed by atoms with van der Waals surface area (Å²) in [6.07, 6.45) is 4.10. The molecule has 0 bridgehead atoms. The molecule has 33 heavy (non-hydrogen) atoms. The number of aliphatic hydroxyl groups is 1. The number of carbonyl (C=O) groups is 2. The molecule has 0 saturated carbocycles. The van der Waals surface area contributed by atoms with E-state index in [9.17, 15) is 19.8 Å². The van der Waals surface area contributed by atoms with Crippen LogP contribution in [0.25, 0.3) is 10.9 Å². The SMILES string of the molecule is CCC(C(=O)O)C(O)CCCc1ccc2[nH]cc(Cc3ccc(C(=O)OC)cc3OC)c2c1. The number of H-pyrrole nitrogens is 1. The van der Waals surface area contributed by atoms with Crippen molar-refractivity contribution in [2.45, 2.75) is 45.1 Å². The quantitative estimate of drug-likeness (QED) is 0.373. The molecule has 0 fully saturated rings. The number of benzene rings is 2. The van der Waals surface area contributed by atoms with Crippen LogP contribution in [0.3, 0.4) is 0 Å². The first kappa shape index (κ1) is 24.3. The number of hydrogen-bond acceptors (Lipinski definition) is 5.